The van der Waals surface area contributed by atoms with Crippen molar-refractivity contribution < 1.29 is 14.3 Å². The van der Waals surface area contributed by atoms with Crippen LogP contribution in [-0.2, 0) is 9.53 Å². The van der Waals surface area contributed by atoms with Gasteiger partial charge in [0.2, 0.25) is 5.91 Å². The van der Waals surface area contributed by atoms with Gasteiger partial charge >= 0.3 is 0 Å². The Labute approximate surface area is 226 Å². The van der Waals surface area contributed by atoms with Crippen LogP contribution in [0.3, 0.4) is 0 Å². The highest BCUT2D eigenvalue weighted by Gasteiger charge is 2.38. The van der Waals surface area contributed by atoms with E-state index in [4.69, 9.17) is 16.3 Å². The Hall–Kier alpha value is -3.33. The number of aromatic nitrogens is 3. The zero-order valence-corrected chi connectivity index (χ0v) is 22.8. The van der Waals surface area contributed by atoms with Gasteiger partial charge in [-0.3, -0.25) is 24.5 Å². The number of anilines is 1. The summed E-state index contributed by atoms with van der Waals surface area (Å²) in [5.41, 5.74) is 3.42. The number of hydrogen-bond acceptors (Lipinski definition) is 6. The molecule has 4 aromatic rings. The van der Waals surface area contributed by atoms with E-state index in [1.54, 1.807) is 30.9 Å². The molecule has 4 heterocycles. The molecule has 1 aliphatic heterocycles. The van der Waals surface area contributed by atoms with Crippen LogP contribution in [0, 0.1) is 12.8 Å². The summed E-state index contributed by atoms with van der Waals surface area (Å²) < 4.78 is 6.05. The first kappa shape index (κ1) is 26.3. The summed E-state index contributed by atoms with van der Waals surface area (Å²) in [6.45, 7) is 9.39. The van der Waals surface area contributed by atoms with Crippen LogP contribution in [0.2, 0.25) is 5.02 Å². The molecule has 2 N–H and O–H groups in total. The second kappa shape index (κ2) is 10.4. The summed E-state index contributed by atoms with van der Waals surface area (Å²) >= 11 is 6.44. The number of hydrogen-bond donors (Lipinski definition) is 2. The van der Waals surface area contributed by atoms with E-state index in [-0.39, 0.29) is 24.2 Å². The van der Waals surface area contributed by atoms with Gasteiger partial charge in [0.15, 0.2) is 5.78 Å². The summed E-state index contributed by atoms with van der Waals surface area (Å²) in [5.74, 6) is -0.0842. The van der Waals surface area contributed by atoms with Gasteiger partial charge < -0.3 is 15.0 Å². The van der Waals surface area contributed by atoms with Crippen LogP contribution >= 0.6 is 11.6 Å². The number of H-pyrrole nitrogens is 1. The number of nitrogens with zero attached hydrogens (tertiary/aromatic N) is 3. The number of halogens is 1. The smallest absolute Gasteiger partial charge is 0.244 e. The van der Waals surface area contributed by atoms with E-state index < -0.39 is 11.6 Å². The molecule has 0 spiro atoms. The molecule has 198 valence electrons. The second-order valence-electron chi connectivity index (χ2n) is 10.9. The van der Waals surface area contributed by atoms with Crippen molar-refractivity contribution in [1.82, 2.24) is 19.9 Å². The van der Waals surface area contributed by atoms with E-state index >= 15 is 0 Å². The number of carbonyl (C=O) groups excluding carboxylic acids is 2. The van der Waals surface area contributed by atoms with E-state index in [9.17, 15) is 9.59 Å². The number of aryl methyl sites for hydroxylation is 1. The molecule has 3 aromatic heterocycles. The van der Waals surface area contributed by atoms with Crippen LogP contribution in [0.4, 0.5) is 5.69 Å². The number of aromatic amines is 1. The molecule has 1 aromatic carbocycles. The fourth-order valence-corrected chi connectivity index (χ4v) is 5.49. The number of fused-ring (bicyclic) bond motifs is 3. The zero-order valence-electron chi connectivity index (χ0n) is 22.0. The van der Waals surface area contributed by atoms with Crippen LogP contribution in [0.1, 0.15) is 43.1 Å². The maximum Gasteiger partial charge on any atom is 0.244 e. The molecule has 0 aliphatic carbocycles. The number of rotatable bonds is 7. The zero-order chi connectivity index (χ0) is 27.0. The lowest BCUT2D eigenvalue weighted by Crippen LogP contribution is -2.59. The largest absolute Gasteiger partial charge is 0.372 e. The van der Waals surface area contributed by atoms with Crippen LogP contribution in [0.25, 0.3) is 21.8 Å². The van der Waals surface area contributed by atoms with Crippen LogP contribution in [-0.4, -0.2) is 62.9 Å². The molecular formula is C29H32ClN5O3. The Morgan fingerprint density at radius 3 is 2.76 bits per heavy atom. The van der Waals surface area contributed by atoms with Gasteiger partial charge in [-0.1, -0.05) is 18.5 Å². The van der Waals surface area contributed by atoms with Gasteiger partial charge in [-0.25, -0.2) is 0 Å². The van der Waals surface area contributed by atoms with Gasteiger partial charge in [0, 0.05) is 59.5 Å². The average molecular weight is 534 g/mol. The number of carbonyl (C=O) groups is 2. The van der Waals surface area contributed by atoms with Crippen molar-refractivity contribution >= 4 is 50.8 Å². The SMILES string of the molecule is Cc1ccncc1C(=O)C[C@@H](C)CN1CC(C)(C)OC[C@H]1C(=O)Nc1cc(Cl)cc2c1[nH]c1cnccc12. The van der Waals surface area contributed by atoms with Crippen molar-refractivity contribution in [2.24, 2.45) is 5.92 Å². The molecule has 1 aliphatic rings. The maximum atomic E-state index is 13.7. The predicted molar refractivity (Wildman–Crippen MR) is 150 cm³/mol. The number of benzene rings is 1. The van der Waals surface area contributed by atoms with Gasteiger partial charge in [0.25, 0.3) is 0 Å². The second-order valence-corrected chi connectivity index (χ2v) is 11.3. The lowest BCUT2D eigenvalue weighted by atomic mass is 9.96. The third kappa shape index (κ3) is 5.43. The topological polar surface area (TPSA) is 100 Å². The third-order valence-electron chi connectivity index (χ3n) is 7.11. The minimum atomic E-state index is -0.513. The number of pyridine rings is 2. The Bertz CT molecular complexity index is 1510. The summed E-state index contributed by atoms with van der Waals surface area (Å²) in [4.78, 5) is 40.4. The molecular weight excluding hydrogens is 502 g/mol. The summed E-state index contributed by atoms with van der Waals surface area (Å²) in [6.07, 6.45) is 7.18. The fourth-order valence-electron chi connectivity index (χ4n) is 5.27. The monoisotopic (exact) mass is 533 g/mol. The molecule has 2 atom stereocenters. The number of ether oxygens (including phenoxy) is 1. The van der Waals surface area contributed by atoms with E-state index in [2.05, 4.69) is 25.2 Å². The van der Waals surface area contributed by atoms with Crippen LogP contribution < -0.4 is 5.32 Å². The van der Waals surface area contributed by atoms with Crippen LogP contribution in [0.15, 0.2) is 49.1 Å². The Kier molecular flexibility index (Phi) is 7.22. The quantitative estimate of drug-likeness (QED) is 0.308. The normalized spacial score (nSPS) is 18.5. The van der Waals surface area contributed by atoms with E-state index in [1.807, 2.05) is 45.9 Å². The van der Waals surface area contributed by atoms with Gasteiger partial charge in [-0.2, -0.15) is 0 Å². The van der Waals surface area contributed by atoms with Crippen molar-refractivity contribution in [1.29, 1.82) is 0 Å². The molecule has 0 radical (unpaired) electrons. The number of nitrogens with one attached hydrogen (secondary N) is 2. The molecule has 0 bridgehead atoms. The number of Topliss-reactive ketones (excluding diaryl/α,β-unsaturated/α-hetero) is 1. The molecule has 0 saturated carbocycles. The molecule has 1 fully saturated rings. The lowest BCUT2D eigenvalue weighted by Gasteiger charge is -2.43. The summed E-state index contributed by atoms with van der Waals surface area (Å²) in [6, 6.07) is 6.89. The minimum Gasteiger partial charge on any atom is -0.372 e. The van der Waals surface area contributed by atoms with Gasteiger partial charge in [0.1, 0.15) is 6.04 Å². The van der Waals surface area contributed by atoms with Crippen molar-refractivity contribution in [3.05, 3.63) is 65.2 Å². The Morgan fingerprint density at radius 1 is 1.21 bits per heavy atom. The van der Waals surface area contributed by atoms with E-state index in [0.29, 0.717) is 35.8 Å². The van der Waals surface area contributed by atoms with E-state index in [1.165, 1.54) is 0 Å². The van der Waals surface area contributed by atoms with E-state index in [0.717, 1.165) is 27.4 Å². The lowest BCUT2D eigenvalue weighted by molar-refractivity contribution is -0.144. The van der Waals surface area contributed by atoms with Crippen molar-refractivity contribution in [2.45, 2.75) is 45.8 Å². The first-order valence-electron chi connectivity index (χ1n) is 12.8. The summed E-state index contributed by atoms with van der Waals surface area (Å²) in [5, 5.41) is 5.52. The molecule has 9 heteroatoms. The van der Waals surface area contributed by atoms with Gasteiger partial charge in [-0.15, -0.1) is 0 Å². The average Bonchev–Trinajstić information content (AvgIpc) is 3.22. The van der Waals surface area contributed by atoms with Crippen molar-refractivity contribution in [3.63, 3.8) is 0 Å². The maximum absolute atomic E-state index is 13.7. The van der Waals surface area contributed by atoms with Crippen molar-refractivity contribution in [2.75, 3.05) is 25.0 Å². The highest BCUT2D eigenvalue weighted by Crippen LogP contribution is 2.34. The van der Waals surface area contributed by atoms with Crippen LogP contribution in [0.5, 0.6) is 0 Å². The molecule has 1 amide bonds. The number of morpholine rings is 1. The first-order chi connectivity index (χ1) is 18.1. The number of amides is 1. The molecule has 38 heavy (non-hydrogen) atoms. The Morgan fingerprint density at radius 2 is 1.97 bits per heavy atom. The molecule has 8 nitrogen and oxygen atoms in total. The molecule has 5 rings (SSSR count). The highest BCUT2D eigenvalue weighted by molar-refractivity contribution is 6.33. The minimum absolute atomic E-state index is 0.0328. The van der Waals surface area contributed by atoms with Crippen molar-refractivity contribution in [3.8, 4) is 0 Å². The van der Waals surface area contributed by atoms with Gasteiger partial charge in [0.05, 0.1) is 35.1 Å². The van der Waals surface area contributed by atoms with Gasteiger partial charge in [-0.05, 0) is 56.5 Å². The predicted octanol–water partition coefficient (Wildman–Crippen LogP) is 5.40. The molecule has 1 saturated heterocycles. The summed E-state index contributed by atoms with van der Waals surface area (Å²) in [7, 11) is 0. The third-order valence-corrected chi connectivity index (χ3v) is 7.33. The first-order valence-corrected chi connectivity index (χ1v) is 13.2. The Balaban J connectivity index is 1.36. The fraction of sp³-hybridized carbons (Fsp3) is 0.379. The molecule has 0 unspecified atom stereocenters. The standard InChI is InChI=1S/C29H32ClN5O3/c1-17(9-26(36)22-12-31-7-5-18(22)2)14-35-16-29(3,4)38-15-25(35)28(37)34-23-11-19(30)10-21-20-6-8-32-13-24(20)33-27(21)23/h5-8,10-13,17,25,33H,9,14-16H2,1-4H3,(H,34,37)/t17-,25+/m1/s1. The highest BCUT2D eigenvalue weighted by atomic mass is 35.5. The number of ketones is 1.